The van der Waals surface area contributed by atoms with Crippen LogP contribution in [0.4, 0.5) is 5.13 Å². The Kier molecular flexibility index (Phi) is 5.99. The predicted molar refractivity (Wildman–Crippen MR) is 133 cm³/mol. The van der Waals surface area contributed by atoms with Crippen molar-refractivity contribution in [2.45, 2.75) is 45.6 Å². The number of rotatable bonds is 6. The van der Waals surface area contributed by atoms with E-state index in [9.17, 15) is 9.59 Å². The van der Waals surface area contributed by atoms with Crippen molar-refractivity contribution in [1.29, 1.82) is 0 Å². The molecule has 0 saturated carbocycles. The Morgan fingerprint density at radius 3 is 2.76 bits per heavy atom. The van der Waals surface area contributed by atoms with Crippen molar-refractivity contribution in [3.8, 4) is 17.0 Å². The predicted octanol–water partition coefficient (Wildman–Crippen LogP) is 4.81. The van der Waals surface area contributed by atoms with Crippen LogP contribution in [0.3, 0.4) is 0 Å². The Balaban J connectivity index is 1.28. The zero-order valence-corrected chi connectivity index (χ0v) is 20.1. The molecule has 0 radical (unpaired) electrons. The van der Waals surface area contributed by atoms with Crippen LogP contribution in [-0.4, -0.2) is 27.6 Å². The van der Waals surface area contributed by atoms with Crippen LogP contribution < -0.4 is 15.6 Å². The molecule has 1 aliphatic rings. The molecule has 0 unspecified atom stereocenters. The summed E-state index contributed by atoms with van der Waals surface area (Å²) in [6.45, 7) is 2.27. The zero-order valence-electron chi connectivity index (χ0n) is 18.5. The summed E-state index contributed by atoms with van der Waals surface area (Å²) in [6, 6.07) is 7.68. The second-order valence-corrected chi connectivity index (χ2v) is 10.4. The van der Waals surface area contributed by atoms with Gasteiger partial charge in [-0.15, -0.1) is 22.7 Å². The third-order valence-electron chi connectivity index (χ3n) is 5.93. The van der Waals surface area contributed by atoms with Crippen molar-refractivity contribution in [2.24, 2.45) is 0 Å². The fourth-order valence-electron chi connectivity index (χ4n) is 4.21. The molecule has 0 bridgehead atoms. The second kappa shape index (κ2) is 9.07. The Labute approximate surface area is 199 Å². The van der Waals surface area contributed by atoms with Crippen molar-refractivity contribution in [1.82, 2.24) is 14.5 Å². The molecular weight excluding hydrogens is 456 g/mol. The number of aryl methyl sites for hydroxylation is 4. The second-order valence-electron chi connectivity index (χ2n) is 8.08. The van der Waals surface area contributed by atoms with Crippen molar-refractivity contribution in [2.75, 3.05) is 12.4 Å². The molecule has 33 heavy (non-hydrogen) atoms. The highest BCUT2D eigenvalue weighted by Gasteiger charge is 2.20. The molecule has 1 aliphatic carbocycles. The maximum atomic E-state index is 13.1. The van der Waals surface area contributed by atoms with Crippen molar-refractivity contribution in [3.63, 3.8) is 0 Å². The largest absolute Gasteiger partial charge is 0.497 e. The molecule has 9 heteroatoms. The number of anilines is 1. The van der Waals surface area contributed by atoms with Gasteiger partial charge in [-0.3, -0.25) is 14.2 Å². The van der Waals surface area contributed by atoms with Gasteiger partial charge in [-0.1, -0.05) is 0 Å². The monoisotopic (exact) mass is 480 g/mol. The number of thiazole rings is 1. The van der Waals surface area contributed by atoms with Gasteiger partial charge in [0.2, 0.25) is 5.91 Å². The molecule has 0 saturated heterocycles. The summed E-state index contributed by atoms with van der Waals surface area (Å²) in [5.41, 5.74) is 2.93. The number of thiophene rings is 1. The Bertz CT molecular complexity index is 1390. The van der Waals surface area contributed by atoms with Gasteiger partial charge in [-0.25, -0.2) is 9.97 Å². The lowest BCUT2D eigenvalue weighted by Crippen LogP contribution is -2.24. The fourth-order valence-corrected chi connectivity index (χ4v) is 6.28. The molecular formula is C24H24N4O3S2. The lowest BCUT2D eigenvalue weighted by molar-refractivity contribution is -0.116. The average molecular weight is 481 g/mol. The van der Waals surface area contributed by atoms with E-state index in [2.05, 4.69) is 15.3 Å². The van der Waals surface area contributed by atoms with E-state index in [1.807, 2.05) is 31.2 Å². The number of ether oxygens (including phenoxy) is 1. The van der Waals surface area contributed by atoms with Gasteiger partial charge < -0.3 is 10.1 Å². The highest BCUT2D eigenvalue weighted by atomic mass is 32.1. The molecule has 1 aromatic carbocycles. The number of aromatic nitrogens is 3. The van der Waals surface area contributed by atoms with Gasteiger partial charge >= 0.3 is 0 Å². The summed E-state index contributed by atoms with van der Waals surface area (Å²) < 4.78 is 6.76. The number of amides is 1. The van der Waals surface area contributed by atoms with Crippen molar-refractivity contribution >= 4 is 43.9 Å². The summed E-state index contributed by atoms with van der Waals surface area (Å²) >= 11 is 3.07. The quantitative estimate of drug-likeness (QED) is 0.428. The third kappa shape index (κ3) is 4.30. The molecule has 0 atom stereocenters. The molecule has 3 heterocycles. The Morgan fingerprint density at radius 2 is 1.97 bits per heavy atom. The minimum Gasteiger partial charge on any atom is -0.497 e. The highest BCUT2D eigenvalue weighted by Crippen LogP contribution is 2.33. The number of fused-ring (bicyclic) bond motifs is 3. The average Bonchev–Trinajstić information content (AvgIpc) is 3.39. The normalized spacial score (nSPS) is 13.2. The molecule has 1 amide bonds. The minimum atomic E-state index is -0.177. The van der Waals surface area contributed by atoms with E-state index in [1.54, 1.807) is 29.3 Å². The fraction of sp³-hybridized carbons (Fsp3) is 0.333. The SMILES string of the molecule is COc1ccc(-c2nc(NC(=O)CCn3cnc4sc5c(c4c3=O)CCCC5)sc2C)cc1. The van der Waals surface area contributed by atoms with Gasteiger partial charge in [0.25, 0.3) is 5.56 Å². The van der Waals surface area contributed by atoms with E-state index >= 15 is 0 Å². The van der Waals surface area contributed by atoms with Gasteiger partial charge in [0.15, 0.2) is 5.13 Å². The van der Waals surface area contributed by atoms with Gasteiger partial charge in [0.1, 0.15) is 10.6 Å². The van der Waals surface area contributed by atoms with E-state index in [0.717, 1.165) is 51.4 Å². The van der Waals surface area contributed by atoms with Crippen LogP contribution in [0.25, 0.3) is 21.5 Å². The lowest BCUT2D eigenvalue weighted by atomic mass is 9.97. The van der Waals surface area contributed by atoms with Crippen LogP contribution >= 0.6 is 22.7 Å². The molecule has 3 aromatic heterocycles. The molecule has 4 aromatic rings. The van der Waals surface area contributed by atoms with Crippen LogP contribution in [0, 0.1) is 6.92 Å². The van der Waals surface area contributed by atoms with E-state index in [-0.39, 0.29) is 24.4 Å². The van der Waals surface area contributed by atoms with Crippen LogP contribution in [0.15, 0.2) is 35.4 Å². The number of nitrogens with one attached hydrogen (secondary N) is 1. The summed E-state index contributed by atoms with van der Waals surface area (Å²) in [5.74, 6) is 0.607. The van der Waals surface area contributed by atoms with Crippen molar-refractivity contribution < 1.29 is 9.53 Å². The van der Waals surface area contributed by atoms with Crippen molar-refractivity contribution in [3.05, 3.63) is 56.3 Å². The first kappa shape index (κ1) is 21.8. The van der Waals surface area contributed by atoms with E-state index in [0.29, 0.717) is 5.13 Å². The summed E-state index contributed by atoms with van der Waals surface area (Å²) in [7, 11) is 1.63. The molecule has 5 rings (SSSR count). The first-order valence-electron chi connectivity index (χ1n) is 10.9. The van der Waals surface area contributed by atoms with E-state index in [1.165, 1.54) is 28.2 Å². The van der Waals surface area contributed by atoms with Gasteiger partial charge in [-0.2, -0.15) is 0 Å². The number of methoxy groups -OCH3 is 1. The maximum absolute atomic E-state index is 13.1. The molecule has 7 nitrogen and oxygen atoms in total. The molecule has 0 spiro atoms. The van der Waals surface area contributed by atoms with Crippen LogP contribution in [0.2, 0.25) is 0 Å². The van der Waals surface area contributed by atoms with Gasteiger partial charge in [0, 0.05) is 28.3 Å². The van der Waals surface area contributed by atoms with Gasteiger partial charge in [-0.05, 0) is 62.4 Å². The molecule has 0 aliphatic heterocycles. The van der Waals surface area contributed by atoms with Crippen LogP contribution in [-0.2, 0) is 24.2 Å². The van der Waals surface area contributed by atoms with Gasteiger partial charge in [0.05, 0.1) is 24.5 Å². The number of carbonyl (C=O) groups is 1. The lowest BCUT2D eigenvalue weighted by Gasteiger charge is -2.10. The summed E-state index contributed by atoms with van der Waals surface area (Å²) in [5, 5.41) is 4.18. The van der Waals surface area contributed by atoms with E-state index in [4.69, 9.17) is 4.74 Å². The number of hydrogen-bond acceptors (Lipinski definition) is 7. The van der Waals surface area contributed by atoms with Crippen LogP contribution in [0.5, 0.6) is 5.75 Å². The molecule has 170 valence electrons. The Morgan fingerprint density at radius 1 is 1.18 bits per heavy atom. The first-order chi connectivity index (χ1) is 16.0. The zero-order chi connectivity index (χ0) is 22.9. The first-order valence-corrected chi connectivity index (χ1v) is 12.6. The summed E-state index contributed by atoms with van der Waals surface area (Å²) in [4.78, 5) is 37.9. The minimum absolute atomic E-state index is 0.0425. The summed E-state index contributed by atoms with van der Waals surface area (Å²) in [6.07, 6.45) is 6.00. The molecule has 0 fully saturated rings. The molecule has 1 N–H and O–H groups in total. The number of nitrogens with zero attached hydrogens (tertiary/aromatic N) is 3. The third-order valence-corrected chi connectivity index (χ3v) is 8.01. The standard InChI is InChI=1S/C24H24N4O3S2/c1-14-21(15-7-9-16(31-2)10-8-15)27-24(32-14)26-19(29)11-12-28-13-25-22-20(23(28)30)17-5-3-4-6-18(17)33-22/h7-10,13H,3-6,11-12H2,1-2H3,(H,26,27,29). The number of carbonyl (C=O) groups excluding carboxylic acids is 1. The highest BCUT2D eigenvalue weighted by molar-refractivity contribution is 7.18. The number of hydrogen-bond donors (Lipinski definition) is 1. The van der Waals surface area contributed by atoms with Crippen LogP contribution in [0.1, 0.15) is 34.6 Å². The number of benzene rings is 1. The van der Waals surface area contributed by atoms with E-state index < -0.39 is 0 Å². The Hall–Kier alpha value is -3.04. The smallest absolute Gasteiger partial charge is 0.262 e. The topological polar surface area (TPSA) is 86.1 Å². The maximum Gasteiger partial charge on any atom is 0.262 e.